The highest BCUT2D eigenvalue weighted by Crippen LogP contribution is 2.03. The molecule has 0 bridgehead atoms. The summed E-state index contributed by atoms with van der Waals surface area (Å²) in [5, 5.41) is 16.5. The van der Waals surface area contributed by atoms with Crippen molar-refractivity contribution in [2.45, 2.75) is 6.42 Å². The number of rotatable bonds is 3. The molecule has 0 saturated carbocycles. The Kier molecular flexibility index (Phi) is 2.51. The van der Waals surface area contributed by atoms with Crippen LogP contribution in [0.3, 0.4) is 0 Å². The molecule has 72 valence electrons. The highest BCUT2D eigenvalue weighted by Gasteiger charge is 2.01. The first-order chi connectivity index (χ1) is 6.90. The van der Waals surface area contributed by atoms with Crippen LogP contribution in [-0.2, 0) is 6.42 Å². The second-order valence-electron chi connectivity index (χ2n) is 2.84. The molecule has 2 heterocycles. The summed E-state index contributed by atoms with van der Waals surface area (Å²) in [6, 6.07) is 3.73. The summed E-state index contributed by atoms with van der Waals surface area (Å²) in [5.74, 6) is 0. The molecule has 0 radical (unpaired) electrons. The zero-order valence-electron chi connectivity index (χ0n) is 7.54. The van der Waals surface area contributed by atoms with Gasteiger partial charge >= 0.3 is 0 Å². The van der Waals surface area contributed by atoms with Crippen LogP contribution in [-0.4, -0.2) is 31.7 Å². The van der Waals surface area contributed by atoms with Gasteiger partial charge in [0.25, 0.3) is 0 Å². The van der Waals surface area contributed by atoms with Crippen LogP contribution < -0.4 is 0 Å². The molecule has 0 saturated heterocycles. The lowest BCUT2D eigenvalue weighted by Gasteiger charge is -1.96. The predicted molar refractivity (Wildman–Crippen MR) is 49.9 cm³/mol. The van der Waals surface area contributed by atoms with E-state index in [1.165, 1.54) is 0 Å². The second kappa shape index (κ2) is 3.97. The Morgan fingerprint density at radius 1 is 1.43 bits per heavy atom. The topological polar surface area (TPSA) is 63.8 Å². The standard InChI is InChI=1S/C9H10N4O/c14-5-3-8-7-13(12-11-8)9-2-1-4-10-6-9/h1-2,4,6-7,14H,3,5H2. The minimum Gasteiger partial charge on any atom is -0.396 e. The van der Waals surface area contributed by atoms with Gasteiger partial charge in [-0.05, 0) is 12.1 Å². The van der Waals surface area contributed by atoms with Crippen molar-refractivity contribution < 1.29 is 5.11 Å². The molecule has 14 heavy (non-hydrogen) atoms. The molecule has 0 aliphatic carbocycles. The van der Waals surface area contributed by atoms with Crippen molar-refractivity contribution >= 4 is 0 Å². The second-order valence-corrected chi connectivity index (χ2v) is 2.84. The average molecular weight is 190 g/mol. The highest BCUT2D eigenvalue weighted by atomic mass is 16.3. The van der Waals surface area contributed by atoms with Crippen molar-refractivity contribution in [2.75, 3.05) is 6.61 Å². The molecule has 5 heteroatoms. The summed E-state index contributed by atoms with van der Waals surface area (Å²) in [5.41, 5.74) is 1.64. The molecule has 1 N–H and O–H groups in total. The summed E-state index contributed by atoms with van der Waals surface area (Å²) in [6.07, 6.45) is 5.72. The van der Waals surface area contributed by atoms with Crippen LogP contribution in [0.1, 0.15) is 5.69 Å². The van der Waals surface area contributed by atoms with E-state index in [4.69, 9.17) is 5.11 Å². The molecule has 5 nitrogen and oxygen atoms in total. The van der Waals surface area contributed by atoms with E-state index in [0.717, 1.165) is 11.4 Å². The van der Waals surface area contributed by atoms with Gasteiger partial charge in [0.1, 0.15) is 0 Å². The number of pyridine rings is 1. The minimum absolute atomic E-state index is 0.0890. The average Bonchev–Trinajstić information content (AvgIpc) is 2.68. The number of hydrogen-bond acceptors (Lipinski definition) is 4. The van der Waals surface area contributed by atoms with E-state index in [0.29, 0.717) is 6.42 Å². The van der Waals surface area contributed by atoms with Gasteiger partial charge in [0.15, 0.2) is 0 Å². The van der Waals surface area contributed by atoms with Crippen LogP contribution in [0, 0.1) is 0 Å². The Morgan fingerprint density at radius 3 is 3.07 bits per heavy atom. The first-order valence-electron chi connectivity index (χ1n) is 4.32. The van der Waals surface area contributed by atoms with Gasteiger partial charge in [-0.25, -0.2) is 4.68 Å². The van der Waals surface area contributed by atoms with E-state index < -0.39 is 0 Å². The Balaban J connectivity index is 2.25. The molecule has 2 rings (SSSR count). The summed E-state index contributed by atoms with van der Waals surface area (Å²) < 4.78 is 1.64. The van der Waals surface area contributed by atoms with E-state index in [9.17, 15) is 0 Å². The van der Waals surface area contributed by atoms with Crippen LogP contribution in [0.2, 0.25) is 0 Å². The summed E-state index contributed by atoms with van der Waals surface area (Å²) >= 11 is 0. The van der Waals surface area contributed by atoms with E-state index in [-0.39, 0.29) is 6.61 Å². The smallest absolute Gasteiger partial charge is 0.0854 e. The van der Waals surface area contributed by atoms with Gasteiger partial charge in [0.05, 0.1) is 23.8 Å². The molecule has 0 aliphatic heterocycles. The molecular weight excluding hydrogens is 180 g/mol. The SMILES string of the molecule is OCCc1cn(-c2cccnc2)nn1. The first kappa shape index (κ1) is 8.83. The lowest BCUT2D eigenvalue weighted by molar-refractivity contribution is 0.298. The lowest BCUT2D eigenvalue weighted by atomic mass is 10.3. The molecule has 0 aliphatic rings. The maximum absolute atomic E-state index is 8.71. The van der Waals surface area contributed by atoms with Gasteiger partial charge < -0.3 is 5.11 Å². The van der Waals surface area contributed by atoms with Crippen LogP contribution in [0.15, 0.2) is 30.7 Å². The normalized spacial score (nSPS) is 10.4. The van der Waals surface area contributed by atoms with Crippen LogP contribution in [0.4, 0.5) is 0 Å². The van der Waals surface area contributed by atoms with Gasteiger partial charge in [-0.2, -0.15) is 0 Å². The van der Waals surface area contributed by atoms with E-state index >= 15 is 0 Å². The monoisotopic (exact) mass is 190 g/mol. The summed E-state index contributed by atoms with van der Waals surface area (Å²) in [4.78, 5) is 3.98. The Hall–Kier alpha value is -1.75. The van der Waals surface area contributed by atoms with Gasteiger partial charge in [0.2, 0.25) is 0 Å². The Morgan fingerprint density at radius 2 is 2.36 bits per heavy atom. The number of aliphatic hydroxyl groups is 1. The van der Waals surface area contributed by atoms with Crippen molar-refractivity contribution in [3.63, 3.8) is 0 Å². The van der Waals surface area contributed by atoms with E-state index in [1.54, 1.807) is 23.3 Å². The molecular formula is C9H10N4O. The molecule has 0 spiro atoms. The fourth-order valence-electron chi connectivity index (χ4n) is 1.14. The van der Waals surface area contributed by atoms with Crippen molar-refractivity contribution in [1.29, 1.82) is 0 Å². The minimum atomic E-state index is 0.0890. The Bertz CT molecular complexity index is 398. The maximum Gasteiger partial charge on any atom is 0.0854 e. The number of aliphatic hydroxyl groups excluding tert-OH is 1. The zero-order chi connectivity index (χ0) is 9.80. The van der Waals surface area contributed by atoms with Crippen LogP contribution >= 0.6 is 0 Å². The largest absolute Gasteiger partial charge is 0.396 e. The van der Waals surface area contributed by atoms with Crippen molar-refractivity contribution in [1.82, 2.24) is 20.0 Å². The number of nitrogens with zero attached hydrogens (tertiary/aromatic N) is 4. The molecule has 0 aromatic carbocycles. The van der Waals surface area contributed by atoms with Gasteiger partial charge in [0, 0.05) is 19.2 Å². The molecule has 2 aromatic rings. The molecule has 0 unspecified atom stereocenters. The van der Waals surface area contributed by atoms with Crippen LogP contribution in [0.5, 0.6) is 0 Å². The summed E-state index contributed by atoms with van der Waals surface area (Å²) in [6.45, 7) is 0.0890. The third-order valence-electron chi connectivity index (χ3n) is 1.82. The Labute approximate surface area is 81.0 Å². The highest BCUT2D eigenvalue weighted by molar-refractivity contribution is 5.26. The molecule has 0 fully saturated rings. The lowest BCUT2D eigenvalue weighted by Crippen LogP contribution is -1.94. The van der Waals surface area contributed by atoms with Crippen molar-refractivity contribution in [2.24, 2.45) is 0 Å². The quantitative estimate of drug-likeness (QED) is 0.750. The van der Waals surface area contributed by atoms with Crippen molar-refractivity contribution in [3.05, 3.63) is 36.4 Å². The number of hydrogen-bond donors (Lipinski definition) is 1. The predicted octanol–water partition coefficient (Wildman–Crippen LogP) is 0.197. The number of aromatic nitrogens is 4. The third kappa shape index (κ3) is 1.77. The van der Waals surface area contributed by atoms with Gasteiger partial charge in [-0.3, -0.25) is 4.98 Å². The third-order valence-corrected chi connectivity index (χ3v) is 1.82. The fourth-order valence-corrected chi connectivity index (χ4v) is 1.14. The molecule has 0 amide bonds. The maximum atomic E-state index is 8.71. The first-order valence-corrected chi connectivity index (χ1v) is 4.32. The molecule has 2 aromatic heterocycles. The fraction of sp³-hybridized carbons (Fsp3) is 0.222. The molecule has 0 atom stereocenters. The van der Waals surface area contributed by atoms with Gasteiger partial charge in [-0.1, -0.05) is 5.21 Å². The van der Waals surface area contributed by atoms with Crippen molar-refractivity contribution in [3.8, 4) is 5.69 Å². The summed E-state index contributed by atoms with van der Waals surface area (Å²) in [7, 11) is 0. The van der Waals surface area contributed by atoms with E-state index in [1.807, 2.05) is 12.1 Å². The van der Waals surface area contributed by atoms with E-state index in [2.05, 4.69) is 15.3 Å². The zero-order valence-corrected chi connectivity index (χ0v) is 7.54. The van der Waals surface area contributed by atoms with Crippen LogP contribution in [0.25, 0.3) is 5.69 Å². The van der Waals surface area contributed by atoms with Gasteiger partial charge in [-0.15, -0.1) is 5.10 Å².